The molecule has 1 amide bonds. The van der Waals surface area contributed by atoms with Crippen molar-refractivity contribution >= 4 is 12.1 Å². The first-order chi connectivity index (χ1) is 9.65. The molecule has 0 aromatic carbocycles. The van der Waals surface area contributed by atoms with Crippen LogP contribution in [0.25, 0.3) is 0 Å². The third kappa shape index (κ3) is 4.01. The Hall–Kier alpha value is -2.51. The summed E-state index contributed by atoms with van der Waals surface area (Å²) in [5, 5.41) is 9.45. The standard InChI is InChI=1S/C12H15N5O3/c18-10(6-9-11(19)14-12(20)17-15-9)16-13-7-8-4-2-1-3-5-8/h1-2,7-8H,3-6H2,(H,16,18)(H2,14,17,19,20)/b13-7+. The van der Waals surface area contributed by atoms with Gasteiger partial charge in [-0.2, -0.15) is 10.2 Å². The van der Waals surface area contributed by atoms with E-state index in [1.54, 1.807) is 6.21 Å². The van der Waals surface area contributed by atoms with Gasteiger partial charge in [0.25, 0.3) is 5.56 Å². The number of amides is 1. The maximum atomic E-state index is 11.6. The van der Waals surface area contributed by atoms with E-state index in [4.69, 9.17) is 0 Å². The fourth-order valence-electron chi connectivity index (χ4n) is 1.85. The number of carbonyl (C=O) groups is 1. The highest BCUT2D eigenvalue weighted by molar-refractivity contribution is 5.78. The summed E-state index contributed by atoms with van der Waals surface area (Å²) >= 11 is 0. The minimum absolute atomic E-state index is 0.0575. The maximum Gasteiger partial charge on any atom is 0.342 e. The molecular formula is C12H15N5O3. The molecule has 0 aliphatic heterocycles. The molecule has 1 aliphatic carbocycles. The van der Waals surface area contributed by atoms with Crippen LogP contribution in [0, 0.1) is 5.92 Å². The van der Waals surface area contributed by atoms with Crippen LogP contribution >= 0.6 is 0 Å². The number of hydrogen-bond acceptors (Lipinski definition) is 5. The molecule has 1 atom stereocenters. The Labute approximate surface area is 114 Å². The average molecular weight is 277 g/mol. The second-order valence-corrected chi connectivity index (χ2v) is 4.49. The Bertz CT molecular complexity index is 643. The number of H-pyrrole nitrogens is 2. The van der Waals surface area contributed by atoms with Crippen molar-refractivity contribution in [1.29, 1.82) is 0 Å². The van der Waals surface area contributed by atoms with Crippen molar-refractivity contribution in [2.24, 2.45) is 11.0 Å². The zero-order valence-electron chi connectivity index (χ0n) is 10.8. The molecule has 0 saturated heterocycles. The van der Waals surface area contributed by atoms with Crippen molar-refractivity contribution in [1.82, 2.24) is 20.6 Å². The summed E-state index contributed by atoms with van der Waals surface area (Å²) in [6, 6.07) is 0. The van der Waals surface area contributed by atoms with Gasteiger partial charge < -0.3 is 0 Å². The summed E-state index contributed by atoms with van der Waals surface area (Å²) < 4.78 is 0. The molecule has 1 heterocycles. The van der Waals surface area contributed by atoms with Gasteiger partial charge >= 0.3 is 5.69 Å². The molecule has 0 fully saturated rings. The van der Waals surface area contributed by atoms with E-state index in [0.717, 1.165) is 19.3 Å². The van der Waals surface area contributed by atoms with E-state index >= 15 is 0 Å². The molecule has 1 aromatic heterocycles. The van der Waals surface area contributed by atoms with Crippen LogP contribution in [0.15, 0.2) is 26.8 Å². The van der Waals surface area contributed by atoms with Crippen molar-refractivity contribution in [2.45, 2.75) is 25.7 Å². The number of nitrogens with zero attached hydrogens (tertiary/aromatic N) is 2. The van der Waals surface area contributed by atoms with Gasteiger partial charge in [0.1, 0.15) is 5.69 Å². The van der Waals surface area contributed by atoms with Crippen LogP contribution in [0.3, 0.4) is 0 Å². The third-order valence-electron chi connectivity index (χ3n) is 2.89. The first-order valence-electron chi connectivity index (χ1n) is 6.30. The zero-order chi connectivity index (χ0) is 14.4. The summed E-state index contributed by atoms with van der Waals surface area (Å²) in [5.41, 5.74) is 0.903. The van der Waals surface area contributed by atoms with Gasteiger partial charge in [-0.15, -0.1) is 0 Å². The Morgan fingerprint density at radius 3 is 3.05 bits per heavy atom. The van der Waals surface area contributed by atoms with E-state index in [1.807, 2.05) is 4.98 Å². The van der Waals surface area contributed by atoms with Gasteiger partial charge in [-0.25, -0.2) is 15.3 Å². The van der Waals surface area contributed by atoms with Crippen molar-refractivity contribution in [3.63, 3.8) is 0 Å². The smallest absolute Gasteiger partial charge is 0.273 e. The van der Waals surface area contributed by atoms with E-state index in [1.165, 1.54) is 0 Å². The molecule has 0 bridgehead atoms. The Kier molecular flexibility index (Phi) is 4.59. The number of nitrogens with one attached hydrogen (secondary N) is 3. The summed E-state index contributed by atoms with van der Waals surface area (Å²) in [5.74, 6) is -0.132. The van der Waals surface area contributed by atoms with E-state index in [9.17, 15) is 14.4 Å². The van der Waals surface area contributed by atoms with Gasteiger partial charge in [0.15, 0.2) is 0 Å². The lowest BCUT2D eigenvalue weighted by Gasteiger charge is -2.11. The zero-order valence-corrected chi connectivity index (χ0v) is 10.8. The third-order valence-corrected chi connectivity index (χ3v) is 2.89. The van der Waals surface area contributed by atoms with Crippen LogP contribution in [0.2, 0.25) is 0 Å². The number of carbonyl (C=O) groups excluding carboxylic acids is 1. The van der Waals surface area contributed by atoms with E-state index in [0.29, 0.717) is 5.92 Å². The predicted octanol–water partition coefficient (Wildman–Crippen LogP) is -0.541. The van der Waals surface area contributed by atoms with Gasteiger partial charge in [-0.3, -0.25) is 14.6 Å². The molecular weight excluding hydrogens is 262 g/mol. The Morgan fingerprint density at radius 1 is 1.50 bits per heavy atom. The molecule has 0 spiro atoms. The van der Waals surface area contributed by atoms with Crippen molar-refractivity contribution in [3.05, 3.63) is 38.7 Å². The molecule has 8 nitrogen and oxygen atoms in total. The highest BCUT2D eigenvalue weighted by Gasteiger charge is 2.09. The molecule has 0 saturated carbocycles. The lowest BCUT2D eigenvalue weighted by atomic mass is 9.96. The maximum absolute atomic E-state index is 11.6. The van der Waals surface area contributed by atoms with Crippen LogP contribution in [0.4, 0.5) is 0 Å². The van der Waals surface area contributed by atoms with Gasteiger partial charge in [0.2, 0.25) is 5.91 Å². The molecule has 1 unspecified atom stereocenters. The summed E-state index contributed by atoms with van der Waals surface area (Å²) in [6.45, 7) is 0. The van der Waals surface area contributed by atoms with Crippen molar-refractivity contribution in [2.75, 3.05) is 0 Å². The topological polar surface area (TPSA) is 120 Å². The number of aromatic nitrogens is 3. The number of rotatable bonds is 4. The fourth-order valence-corrected chi connectivity index (χ4v) is 1.85. The predicted molar refractivity (Wildman–Crippen MR) is 72.3 cm³/mol. The normalized spacial score (nSPS) is 18.3. The minimum atomic E-state index is -0.706. The molecule has 0 radical (unpaired) electrons. The SMILES string of the molecule is O=C(Cc1n[nH]c(=O)[nH]c1=O)N/N=C/C1CC=CCC1. The fraction of sp³-hybridized carbons (Fsp3) is 0.417. The summed E-state index contributed by atoms with van der Waals surface area (Å²) in [7, 11) is 0. The minimum Gasteiger partial charge on any atom is -0.273 e. The molecule has 106 valence electrons. The van der Waals surface area contributed by atoms with E-state index < -0.39 is 17.2 Å². The Morgan fingerprint density at radius 2 is 2.35 bits per heavy atom. The average Bonchev–Trinajstić information content (AvgIpc) is 2.43. The molecule has 2 rings (SSSR count). The first-order valence-corrected chi connectivity index (χ1v) is 6.30. The highest BCUT2D eigenvalue weighted by Crippen LogP contribution is 2.15. The van der Waals surface area contributed by atoms with Gasteiger partial charge in [-0.05, 0) is 25.2 Å². The van der Waals surface area contributed by atoms with Gasteiger partial charge in [0.05, 0.1) is 6.42 Å². The summed E-state index contributed by atoms with van der Waals surface area (Å²) in [6.07, 6.45) is 8.61. The molecule has 20 heavy (non-hydrogen) atoms. The lowest BCUT2D eigenvalue weighted by Crippen LogP contribution is -2.31. The van der Waals surface area contributed by atoms with Crippen molar-refractivity contribution in [3.8, 4) is 0 Å². The molecule has 1 aromatic rings. The van der Waals surface area contributed by atoms with Crippen LogP contribution in [-0.2, 0) is 11.2 Å². The van der Waals surface area contributed by atoms with Crippen LogP contribution < -0.4 is 16.7 Å². The first kappa shape index (κ1) is 13.9. The molecule has 3 N–H and O–H groups in total. The van der Waals surface area contributed by atoms with Gasteiger partial charge in [-0.1, -0.05) is 12.2 Å². The van der Waals surface area contributed by atoms with Gasteiger partial charge in [0, 0.05) is 6.21 Å². The van der Waals surface area contributed by atoms with Crippen LogP contribution in [0.1, 0.15) is 25.0 Å². The van der Waals surface area contributed by atoms with Crippen molar-refractivity contribution < 1.29 is 4.79 Å². The van der Waals surface area contributed by atoms with E-state index in [2.05, 4.69) is 32.9 Å². The van der Waals surface area contributed by atoms with Crippen LogP contribution in [-0.4, -0.2) is 27.3 Å². The second-order valence-electron chi connectivity index (χ2n) is 4.49. The lowest BCUT2D eigenvalue weighted by molar-refractivity contribution is -0.120. The molecule has 8 heteroatoms. The highest BCUT2D eigenvalue weighted by atomic mass is 16.2. The Balaban J connectivity index is 1.86. The monoisotopic (exact) mass is 277 g/mol. The second kappa shape index (κ2) is 6.60. The molecule has 1 aliphatic rings. The number of aromatic amines is 2. The summed E-state index contributed by atoms with van der Waals surface area (Å²) in [4.78, 5) is 35.7. The number of hydrazone groups is 1. The van der Waals surface area contributed by atoms with Crippen LogP contribution in [0.5, 0.6) is 0 Å². The number of allylic oxidation sites excluding steroid dienone is 2. The quantitative estimate of drug-likeness (QED) is 0.389. The van der Waals surface area contributed by atoms with E-state index in [-0.39, 0.29) is 12.1 Å². The number of hydrogen-bond donors (Lipinski definition) is 3. The largest absolute Gasteiger partial charge is 0.342 e.